The molecule has 8 nitrogen and oxygen atoms in total. The third-order valence-corrected chi connectivity index (χ3v) is 7.84. The molecule has 4 rings (SSSR count). The number of furan rings is 1. The second kappa shape index (κ2) is 9.44. The van der Waals surface area contributed by atoms with Crippen LogP contribution in [0, 0.1) is 6.92 Å². The van der Waals surface area contributed by atoms with Crippen molar-refractivity contribution in [1.82, 2.24) is 14.5 Å². The van der Waals surface area contributed by atoms with Crippen molar-refractivity contribution < 1.29 is 22.4 Å². The van der Waals surface area contributed by atoms with Crippen LogP contribution in [0.4, 0.5) is 0 Å². The number of nitrogens with one attached hydrogen (secondary N) is 1. The number of aryl methyl sites for hydroxylation is 1. The van der Waals surface area contributed by atoms with Gasteiger partial charge in [0.15, 0.2) is 0 Å². The van der Waals surface area contributed by atoms with Gasteiger partial charge in [0.1, 0.15) is 11.3 Å². The van der Waals surface area contributed by atoms with E-state index in [0.29, 0.717) is 5.76 Å². The molecule has 2 aromatic carbocycles. The Balaban J connectivity index is 1.64. The Labute approximate surface area is 199 Å². The minimum Gasteiger partial charge on any atom is -0.467 e. The SMILES string of the molecule is Cc1ccc(S(=O)(=O)N2CC(=O)N(Cc3ccco3)[C@](C)(C(=O)NCc3ccccc3)C2)cc1. The lowest BCUT2D eigenvalue weighted by atomic mass is 9.95. The summed E-state index contributed by atoms with van der Waals surface area (Å²) in [4.78, 5) is 28.2. The highest BCUT2D eigenvalue weighted by Crippen LogP contribution is 2.29. The molecule has 3 aromatic rings. The highest BCUT2D eigenvalue weighted by Gasteiger charge is 2.50. The zero-order valence-electron chi connectivity index (χ0n) is 19.1. The lowest BCUT2D eigenvalue weighted by Crippen LogP contribution is -2.69. The minimum atomic E-state index is -3.99. The van der Waals surface area contributed by atoms with Crippen LogP contribution in [0.1, 0.15) is 23.8 Å². The lowest BCUT2D eigenvalue weighted by Gasteiger charge is -2.46. The van der Waals surface area contributed by atoms with Gasteiger partial charge in [0.25, 0.3) is 0 Å². The van der Waals surface area contributed by atoms with Gasteiger partial charge in [-0.05, 0) is 43.7 Å². The lowest BCUT2D eigenvalue weighted by molar-refractivity contribution is -0.154. The average Bonchev–Trinajstić information content (AvgIpc) is 3.34. The van der Waals surface area contributed by atoms with E-state index in [0.717, 1.165) is 15.4 Å². The van der Waals surface area contributed by atoms with Gasteiger partial charge in [0.05, 0.1) is 24.2 Å². The highest BCUT2D eigenvalue weighted by molar-refractivity contribution is 7.89. The number of nitrogens with zero attached hydrogens (tertiary/aromatic N) is 2. The van der Waals surface area contributed by atoms with E-state index < -0.39 is 27.4 Å². The maximum Gasteiger partial charge on any atom is 0.247 e. The first-order valence-electron chi connectivity index (χ1n) is 10.9. The molecule has 34 heavy (non-hydrogen) atoms. The molecule has 0 spiro atoms. The maximum atomic E-state index is 13.5. The minimum absolute atomic E-state index is 0.0551. The molecule has 9 heteroatoms. The second-order valence-electron chi connectivity index (χ2n) is 8.59. The molecule has 2 heterocycles. The van der Waals surface area contributed by atoms with Crippen LogP contribution in [0.3, 0.4) is 0 Å². The Bertz CT molecular complexity index is 1260. The summed E-state index contributed by atoms with van der Waals surface area (Å²) in [6.45, 7) is 3.21. The van der Waals surface area contributed by atoms with Gasteiger partial charge in [0, 0.05) is 13.1 Å². The Morgan fingerprint density at radius 3 is 2.41 bits per heavy atom. The van der Waals surface area contributed by atoms with E-state index in [1.54, 1.807) is 31.2 Å². The van der Waals surface area contributed by atoms with Crippen molar-refractivity contribution in [2.45, 2.75) is 37.4 Å². The van der Waals surface area contributed by atoms with Crippen molar-refractivity contribution in [1.29, 1.82) is 0 Å². The van der Waals surface area contributed by atoms with Gasteiger partial charge in [-0.15, -0.1) is 0 Å². The predicted molar refractivity (Wildman–Crippen MR) is 126 cm³/mol. The summed E-state index contributed by atoms with van der Waals surface area (Å²) in [6, 6.07) is 19.2. The molecule has 2 amide bonds. The molecule has 1 aromatic heterocycles. The third-order valence-electron chi connectivity index (χ3n) is 6.03. The Kier molecular flexibility index (Phi) is 6.58. The molecule has 0 saturated carbocycles. The van der Waals surface area contributed by atoms with E-state index in [4.69, 9.17) is 4.42 Å². The number of carbonyl (C=O) groups excluding carboxylic acids is 2. The van der Waals surface area contributed by atoms with Crippen molar-refractivity contribution >= 4 is 21.8 Å². The highest BCUT2D eigenvalue weighted by atomic mass is 32.2. The summed E-state index contributed by atoms with van der Waals surface area (Å²) >= 11 is 0. The van der Waals surface area contributed by atoms with Crippen LogP contribution < -0.4 is 5.32 Å². The van der Waals surface area contributed by atoms with Gasteiger partial charge < -0.3 is 14.6 Å². The van der Waals surface area contributed by atoms with Crippen LogP contribution in [-0.2, 0) is 32.7 Å². The smallest absolute Gasteiger partial charge is 0.247 e. The Hall–Kier alpha value is -3.43. The van der Waals surface area contributed by atoms with Gasteiger partial charge in [0.2, 0.25) is 21.8 Å². The normalized spacial score (nSPS) is 19.2. The average molecular weight is 482 g/mol. The zero-order valence-corrected chi connectivity index (χ0v) is 19.9. The van der Waals surface area contributed by atoms with E-state index in [2.05, 4.69) is 5.32 Å². The van der Waals surface area contributed by atoms with E-state index >= 15 is 0 Å². The van der Waals surface area contributed by atoms with Gasteiger partial charge in [-0.25, -0.2) is 8.42 Å². The van der Waals surface area contributed by atoms with Crippen LogP contribution in [0.2, 0.25) is 0 Å². The number of hydrogen-bond acceptors (Lipinski definition) is 5. The first-order chi connectivity index (χ1) is 16.2. The van der Waals surface area contributed by atoms with Gasteiger partial charge >= 0.3 is 0 Å². The molecular formula is C25H27N3O5S. The van der Waals surface area contributed by atoms with Gasteiger partial charge in [-0.3, -0.25) is 9.59 Å². The van der Waals surface area contributed by atoms with Crippen molar-refractivity contribution in [2.75, 3.05) is 13.1 Å². The fourth-order valence-electron chi connectivity index (χ4n) is 4.01. The molecule has 0 bridgehead atoms. The number of benzene rings is 2. The molecule has 1 N–H and O–H groups in total. The molecule has 1 aliphatic heterocycles. The van der Waals surface area contributed by atoms with E-state index in [9.17, 15) is 18.0 Å². The molecular weight excluding hydrogens is 454 g/mol. The van der Waals surface area contributed by atoms with Crippen LogP contribution in [0.5, 0.6) is 0 Å². The zero-order chi connectivity index (χ0) is 24.3. The number of piperazine rings is 1. The predicted octanol–water partition coefficient (Wildman–Crippen LogP) is 2.70. The fraction of sp³-hybridized carbons (Fsp3) is 0.280. The summed E-state index contributed by atoms with van der Waals surface area (Å²) in [5, 5.41) is 2.87. The van der Waals surface area contributed by atoms with E-state index in [1.807, 2.05) is 37.3 Å². The Morgan fingerprint density at radius 2 is 1.76 bits per heavy atom. The number of sulfonamides is 1. The summed E-state index contributed by atoms with van der Waals surface area (Å²) in [7, 11) is -3.99. The number of hydrogen-bond donors (Lipinski definition) is 1. The summed E-state index contributed by atoms with van der Waals surface area (Å²) in [6.07, 6.45) is 1.49. The molecule has 0 aliphatic carbocycles. The van der Waals surface area contributed by atoms with Gasteiger partial charge in [-0.1, -0.05) is 48.0 Å². The first-order valence-corrected chi connectivity index (χ1v) is 12.4. The molecule has 1 atom stereocenters. The first kappa shape index (κ1) is 23.7. The van der Waals surface area contributed by atoms with Crippen LogP contribution in [0.25, 0.3) is 0 Å². The fourth-order valence-corrected chi connectivity index (χ4v) is 5.49. The molecule has 0 radical (unpaired) electrons. The summed E-state index contributed by atoms with van der Waals surface area (Å²) in [5.74, 6) is -0.416. The van der Waals surface area contributed by atoms with Crippen molar-refractivity contribution in [2.24, 2.45) is 0 Å². The second-order valence-corrected chi connectivity index (χ2v) is 10.5. The standard InChI is InChI=1S/C25H27N3O5S/c1-19-10-12-22(13-11-19)34(31,32)27-17-23(29)28(16-21-9-6-14-33-21)25(2,18-27)24(30)26-15-20-7-4-3-5-8-20/h3-14H,15-18H2,1-2H3,(H,26,30)/t25-/m0/s1. The van der Waals surface area contributed by atoms with E-state index in [-0.39, 0.29) is 31.1 Å². The van der Waals surface area contributed by atoms with Crippen molar-refractivity contribution in [3.05, 3.63) is 89.9 Å². The molecule has 1 saturated heterocycles. The van der Waals surface area contributed by atoms with Crippen molar-refractivity contribution in [3.63, 3.8) is 0 Å². The topological polar surface area (TPSA) is 99.9 Å². The van der Waals surface area contributed by atoms with Crippen molar-refractivity contribution in [3.8, 4) is 0 Å². The largest absolute Gasteiger partial charge is 0.467 e. The van der Waals surface area contributed by atoms with Crippen LogP contribution in [-0.4, -0.2) is 48.1 Å². The summed E-state index contributed by atoms with van der Waals surface area (Å²) < 4.78 is 33.2. The van der Waals surface area contributed by atoms with E-state index in [1.165, 1.54) is 23.3 Å². The number of carbonyl (C=O) groups is 2. The maximum absolute atomic E-state index is 13.5. The molecule has 178 valence electrons. The quantitative estimate of drug-likeness (QED) is 0.559. The molecule has 1 aliphatic rings. The molecule has 0 unspecified atom stereocenters. The van der Waals surface area contributed by atoms with Gasteiger partial charge in [-0.2, -0.15) is 4.31 Å². The number of amides is 2. The molecule has 1 fully saturated rings. The number of rotatable bonds is 7. The monoisotopic (exact) mass is 481 g/mol. The van der Waals surface area contributed by atoms with Crippen LogP contribution >= 0.6 is 0 Å². The third kappa shape index (κ3) is 4.76. The summed E-state index contributed by atoms with van der Waals surface area (Å²) in [5.41, 5.74) is 0.362. The van der Waals surface area contributed by atoms with Crippen LogP contribution in [0.15, 0.2) is 82.3 Å². The Morgan fingerprint density at radius 1 is 1.06 bits per heavy atom.